The predicted molar refractivity (Wildman–Crippen MR) is 251 cm³/mol. The third-order valence-corrected chi connectivity index (χ3v) is 12.8. The van der Waals surface area contributed by atoms with Crippen LogP contribution >= 0.6 is 11.3 Å². The lowest BCUT2D eigenvalue weighted by Crippen LogP contribution is -2.15. The van der Waals surface area contributed by atoms with Crippen LogP contribution in [0.15, 0.2) is 195 Å². The molecule has 0 radical (unpaired) electrons. The first-order chi connectivity index (χ1) is 27.2. The highest BCUT2D eigenvalue weighted by molar-refractivity contribution is 7.26. The summed E-state index contributed by atoms with van der Waals surface area (Å²) in [4.78, 5) is 0. The van der Waals surface area contributed by atoms with Crippen LogP contribution in [0.4, 0.5) is 0 Å². The van der Waals surface area contributed by atoms with E-state index in [0.29, 0.717) is 0 Å². The Balaban J connectivity index is 1.13. The number of hydrogen-bond acceptors (Lipinski definition) is 1. The van der Waals surface area contributed by atoms with E-state index < -0.39 is 0 Å². The standard InChI is InChI=1S/C55H48S/c1-8-10-11-12-22-39(21-9-2)51-45-27-17-15-25-43(45)50(44-26-16-18-28-46(44)51)38(5)32-31-36(3)37(4)33-34-40-35-48-41-23-13-14-24-42(41)52-47-29-19-20-30-49(47)56-54(52)53(48)55(40,6)7/h8-9,11-20,22-34H,1-3,5,10,21,35H2,4,6-7H3/b12-11-,32-31-,37-33+,39-22+,40-34+. The molecule has 56 heavy (non-hydrogen) atoms. The van der Waals surface area contributed by atoms with Crippen LogP contribution in [0.2, 0.25) is 0 Å². The van der Waals surface area contributed by atoms with Gasteiger partial charge in [0.05, 0.1) is 0 Å². The van der Waals surface area contributed by atoms with Crippen LogP contribution in [0.3, 0.4) is 0 Å². The molecule has 7 aromatic rings. The molecular formula is C55H48S. The molecule has 0 saturated carbocycles. The summed E-state index contributed by atoms with van der Waals surface area (Å²) in [6.07, 6.45) is 21.8. The van der Waals surface area contributed by atoms with Crippen molar-refractivity contribution in [1.82, 2.24) is 0 Å². The van der Waals surface area contributed by atoms with E-state index in [-0.39, 0.29) is 5.41 Å². The summed E-state index contributed by atoms with van der Waals surface area (Å²) in [5, 5.41) is 10.3. The van der Waals surface area contributed by atoms with Gasteiger partial charge < -0.3 is 0 Å². The average molecular weight is 741 g/mol. The van der Waals surface area contributed by atoms with Gasteiger partial charge in [-0.25, -0.2) is 0 Å². The fourth-order valence-corrected chi connectivity index (χ4v) is 10.2. The Morgan fingerprint density at radius 1 is 0.696 bits per heavy atom. The molecule has 1 aliphatic carbocycles. The third-order valence-electron chi connectivity index (χ3n) is 11.6. The maximum Gasteiger partial charge on any atom is 0.0405 e. The van der Waals surface area contributed by atoms with E-state index in [2.05, 4.69) is 187 Å². The lowest BCUT2D eigenvalue weighted by Gasteiger charge is -2.23. The first-order valence-electron chi connectivity index (χ1n) is 19.6. The minimum absolute atomic E-state index is 0.0996. The topological polar surface area (TPSA) is 0 Å². The highest BCUT2D eigenvalue weighted by Gasteiger charge is 2.38. The van der Waals surface area contributed by atoms with Gasteiger partial charge in [-0.15, -0.1) is 24.5 Å². The minimum Gasteiger partial charge on any atom is -0.135 e. The molecule has 0 unspecified atom stereocenters. The van der Waals surface area contributed by atoms with E-state index in [0.717, 1.165) is 41.5 Å². The highest BCUT2D eigenvalue weighted by atomic mass is 32.1. The molecule has 0 aliphatic heterocycles. The van der Waals surface area contributed by atoms with Gasteiger partial charge >= 0.3 is 0 Å². The van der Waals surface area contributed by atoms with Crippen LogP contribution in [-0.2, 0) is 11.8 Å². The Kier molecular flexibility index (Phi) is 10.1. The molecule has 1 heterocycles. The summed E-state index contributed by atoms with van der Waals surface area (Å²) in [5.74, 6) is 0. The van der Waals surface area contributed by atoms with Crippen molar-refractivity contribution in [3.8, 4) is 0 Å². The van der Waals surface area contributed by atoms with Gasteiger partial charge in [0.15, 0.2) is 0 Å². The number of rotatable bonds is 11. The van der Waals surface area contributed by atoms with Crippen LogP contribution in [0.5, 0.6) is 0 Å². The van der Waals surface area contributed by atoms with Crippen LogP contribution in [0.1, 0.15) is 55.9 Å². The van der Waals surface area contributed by atoms with Crippen molar-refractivity contribution < 1.29 is 0 Å². The molecule has 8 rings (SSSR count). The molecule has 1 heteroatoms. The van der Waals surface area contributed by atoms with E-state index in [1.54, 1.807) is 0 Å². The second-order valence-electron chi connectivity index (χ2n) is 15.4. The molecule has 0 amide bonds. The number of hydrogen-bond donors (Lipinski definition) is 0. The summed E-state index contributed by atoms with van der Waals surface area (Å²) in [6.45, 7) is 24.1. The number of fused-ring (bicyclic) bond motifs is 10. The summed E-state index contributed by atoms with van der Waals surface area (Å²) < 4.78 is 2.79. The van der Waals surface area contributed by atoms with E-state index in [1.807, 2.05) is 23.5 Å². The number of allylic oxidation sites excluding steroid dienone is 14. The molecule has 0 fully saturated rings. The van der Waals surface area contributed by atoms with E-state index in [4.69, 9.17) is 0 Å². The molecule has 0 atom stereocenters. The maximum absolute atomic E-state index is 4.64. The zero-order valence-electron chi connectivity index (χ0n) is 32.8. The molecule has 0 spiro atoms. The van der Waals surface area contributed by atoms with E-state index in [1.165, 1.54) is 80.3 Å². The predicted octanol–water partition coefficient (Wildman–Crippen LogP) is 16.1. The minimum atomic E-state index is -0.0996. The van der Waals surface area contributed by atoms with Gasteiger partial charge in [-0.2, -0.15) is 0 Å². The number of benzene rings is 6. The molecule has 1 aromatic heterocycles. The molecule has 0 nitrogen and oxygen atoms in total. The SMILES string of the molecule is C=CC/C=C\C=C(/CC=C)c1c2ccccc2c(C(=C)/C=C\C(=C)/C(C)=C/C=C2\Cc3c(c4sc5ccccc5c4c4ccccc34)C2(C)C)c2ccccc12. The van der Waals surface area contributed by atoms with Gasteiger partial charge in [0.1, 0.15) is 0 Å². The fourth-order valence-electron chi connectivity index (χ4n) is 8.75. The molecule has 0 bridgehead atoms. The third kappa shape index (κ3) is 6.37. The summed E-state index contributed by atoms with van der Waals surface area (Å²) in [7, 11) is 0. The number of thiophene rings is 1. The van der Waals surface area contributed by atoms with Crippen molar-refractivity contribution in [2.75, 3.05) is 0 Å². The van der Waals surface area contributed by atoms with Crippen LogP contribution in [0, 0.1) is 0 Å². The van der Waals surface area contributed by atoms with Gasteiger partial charge in [-0.3, -0.25) is 0 Å². The summed E-state index contributed by atoms with van der Waals surface area (Å²) in [5.41, 5.74) is 11.0. The van der Waals surface area contributed by atoms with Crippen molar-refractivity contribution >= 4 is 75.0 Å². The largest absolute Gasteiger partial charge is 0.135 e. The summed E-state index contributed by atoms with van der Waals surface area (Å²) >= 11 is 1.95. The van der Waals surface area contributed by atoms with Gasteiger partial charge in [0, 0.05) is 25.6 Å². The molecule has 0 saturated heterocycles. The second kappa shape index (κ2) is 15.3. The monoisotopic (exact) mass is 740 g/mol. The van der Waals surface area contributed by atoms with E-state index in [9.17, 15) is 0 Å². The molecule has 1 aliphatic rings. The first kappa shape index (κ1) is 36.9. The Morgan fingerprint density at radius 2 is 1.29 bits per heavy atom. The van der Waals surface area contributed by atoms with E-state index >= 15 is 0 Å². The van der Waals surface area contributed by atoms with Gasteiger partial charge in [0.25, 0.3) is 0 Å². The Labute approximate surface area is 335 Å². The van der Waals surface area contributed by atoms with Crippen molar-refractivity contribution in [3.05, 3.63) is 217 Å². The smallest absolute Gasteiger partial charge is 0.0405 e. The quantitative estimate of drug-likeness (QED) is 0.0704. The Hall–Kier alpha value is -6.02. The first-order valence-corrected chi connectivity index (χ1v) is 20.4. The fraction of sp³-hybridized carbons (Fsp3) is 0.127. The van der Waals surface area contributed by atoms with Crippen LogP contribution in [-0.4, -0.2) is 0 Å². The van der Waals surface area contributed by atoms with Gasteiger partial charge in [-0.05, 0) is 109 Å². The van der Waals surface area contributed by atoms with Crippen molar-refractivity contribution in [3.63, 3.8) is 0 Å². The highest BCUT2D eigenvalue weighted by Crippen LogP contribution is 2.53. The van der Waals surface area contributed by atoms with Crippen LogP contribution in [0.25, 0.3) is 63.6 Å². The maximum atomic E-state index is 4.64. The van der Waals surface area contributed by atoms with Crippen molar-refractivity contribution in [1.29, 1.82) is 0 Å². The molecular weight excluding hydrogens is 693 g/mol. The Bertz CT molecular complexity index is 2870. The normalized spacial score (nSPS) is 15.3. The second-order valence-corrected chi connectivity index (χ2v) is 16.5. The average Bonchev–Trinajstić information content (AvgIpc) is 3.73. The zero-order chi connectivity index (χ0) is 39.0. The Morgan fingerprint density at radius 3 is 1.93 bits per heavy atom. The summed E-state index contributed by atoms with van der Waals surface area (Å²) in [6, 6.07) is 35.3. The molecule has 0 N–H and O–H groups in total. The zero-order valence-corrected chi connectivity index (χ0v) is 33.6. The molecule has 6 aromatic carbocycles. The lowest BCUT2D eigenvalue weighted by atomic mass is 9.81. The molecule has 274 valence electrons. The van der Waals surface area contributed by atoms with Gasteiger partial charge in [0.2, 0.25) is 0 Å². The van der Waals surface area contributed by atoms with Crippen molar-refractivity contribution in [2.24, 2.45) is 0 Å². The lowest BCUT2D eigenvalue weighted by molar-refractivity contribution is 0.650. The van der Waals surface area contributed by atoms with Crippen LogP contribution < -0.4 is 0 Å². The van der Waals surface area contributed by atoms with Crippen molar-refractivity contribution in [2.45, 2.75) is 45.4 Å². The van der Waals surface area contributed by atoms with Gasteiger partial charge in [-0.1, -0.05) is 178 Å².